The molecule has 0 spiro atoms. The third-order valence-electron chi connectivity index (χ3n) is 4.39. The average Bonchev–Trinajstić information content (AvgIpc) is 2.91. The van der Waals surface area contributed by atoms with Gasteiger partial charge >= 0.3 is 0 Å². The van der Waals surface area contributed by atoms with Crippen LogP contribution >= 0.6 is 0 Å². The van der Waals surface area contributed by atoms with E-state index in [1.807, 2.05) is 30.3 Å². The lowest BCUT2D eigenvalue weighted by molar-refractivity contribution is 0.120. The van der Waals surface area contributed by atoms with Gasteiger partial charge < -0.3 is 10.0 Å². The molecule has 0 aliphatic carbocycles. The van der Waals surface area contributed by atoms with Gasteiger partial charge in [-0.25, -0.2) is 8.42 Å². The molecular formula is C17H27NO3S. The van der Waals surface area contributed by atoms with Crippen molar-refractivity contribution in [2.75, 3.05) is 25.1 Å². The minimum Gasteiger partial charge on any atom is -0.388 e. The van der Waals surface area contributed by atoms with Crippen LogP contribution < -0.4 is 0 Å². The van der Waals surface area contributed by atoms with Gasteiger partial charge in [0, 0.05) is 18.1 Å². The van der Waals surface area contributed by atoms with Crippen molar-refractivity contribution in [3.05, 3.63) is 35.9 Å². The lowest BCUT2D eigenvalue weighted by Gasteiger charge is -2.26. The minimum absolute atomic E-state index is 0.276. The summed E-state index contributed by atoms with van der Waals surface area (Å²) in [4.78, 5) is 2.41. The van der Waals surface area contributed by atoms with Crippen LogP contribution in [0.1, 0.15) is 43.8 Å². The highest BCUT2D eigenvalue weighted by molar-refractivity contribution is 7.90. The fourth-order valence-electron chi connectivity index (χ4n) is 3.20. The first kappa shape index (κ1) is 17.4. The zero-order valence-electron chi connectivity index (χ0n) is 13.3. The van der Waals surface area contributed by atoms with E-state index in [4.69, 9.17) is 0 Å². The molecule has 4 nitrogen and oxygen atoms in total. The van der Waals surface area contributed by atoms with E-state index in [-0.39, 0.29) is 5.75 Å². The Bertz CT molecular complexity index is 544. The molecule has 1 aliphatic heterocycles. The van der Waals surface area contributed by atoms with Crippen LogP contribution in [0.15, 0.2) is 30.3 Å². The van der Waals surface area contributed by atoms with Gasteiger partial charge in [-0.05, 0) is 50.8 Å². The number of rotatable bonds is 8. The Morgan fingerprint density at radius 2 is 2.00 bits per heavy atom. The van der Waals surface area contributed by atoms with Gasteiger partial charge in [0.1, 0.15) is 9.84 Å². The number of sulfone groups is 1. The molecule has 0 amide bonds. The standard InChI is InChI=1S/C17H27NO3S/c1-22(20,21)13-6-5-11-18-12-7-10-16(18)14-17(19)15-8-3-2-4-9-15/h2-4,8-9,16-17,19H,5-7,10-14H2,1H3. The van der Waals surface area contributed by atoms with Crippen LogP contribution in [-0.2, 0) is 9.84 Å². The number of nitrogens with zero attached hydrogens (tertiary/aromatic N) is 1. The van der Waals surface area contributed by atoms with Gasteiger partial charge in [-0.15, -0.1) is 0 Å². The smallest absolute Gasteiger partial charge is 0.147 e. The second-order valence-electron chi connectivity index (χ2n) is 6.33. The van der Waals surface area contributed by atoms with Crippen LogP contribution in [0.25, 0.3) is 0 Å². The van der Waals surface area contributed by atoms with Crippen molar-refractivity contribution in [1.82, 2.24) is 4.90 Å². The van der Waals surface area contributed by atoms with Crippen LogP contribution in [0.4, 0.5) is 0 Å². The van der Waals surface area contributed by atoms with Gasteiger partial charge in [-0.1, -0.05) is 30.3 Å². The molecule has 1 aliphatic rings. The summed E-state index contributed by atoms with van der Waals surface area (Å²) < 4.78 is 22.3. The molecule has 1 aromatic rings. The number of aliphatic hydroxyl groups excluding tert-OH is 1. The molecule has 0 bridgehead atoms. The van der Waals surface area contributed by atoms with Crippen molar-refractivity contribution in [3.8, 4) is 0 Å². The highest BCUT2D eigenvalue weighted by Gasteiger charge is 2.26. The summed E-state index contributed by atoms with van der Waals surface area (Å²) in [6.45, 7) is 1.99. The second kappa shape index (κ2) is 8.09. The molecule has 22 heavy (non-hydrogen) atoms. The average molecular weight is 325 g/mol. The Kier molecular flexibility index (Phi) is 6.41. The quantitative estimate of drug-likeness (QED) is 0.746. The fraction of sp³-hybridized carbons (Fsp3) is 0.647. The molecule has 1 fully saturated rings. The van der Waals surface area contributed by atoms with E-state index in [1.165, 1.54) is 6.26 Å². The van der Waals surface area contributed by atoms with E-state index in [0.717, 1.165) is 50.8 Å². The largest absolute Gasteiger partial charge is 0.388 e. The molecule has 2 atom stereocenters. The SMILES string of the molecule is CS(=O)(=O)CCCCN1CCCC1CC(O)c1ccccc1. The number of hydrogen-bond acceptors (Lipinski definition) is 4. The topological polar surface area (TPSA) is 57.6 Å². The molecule has 0 radical (unpaired) electrons. The van der Waals surface area contributed by atoms with Crippen LogP contribution in [0.2, 0.25) is 0 Å². The van der Waals surface area contributed by atoms with Crippen LogP contribution in [0.3, 0.4) is 0 Å². The number of hydrogen-bond donors (Lipinski definition) is 1. The van der Waals surface area contributed by atoms with Crippen molar-refractivity contribution in [3.63, 3.8) is 0 Å². The van der Waals surface area contributed by atoms with Crippen molar-refractivity contribution in [1.29, 1.82) is 0 Å². The third kappa shape index (κ3) is 5.71. The molecule has 1 heterocycles. The maximum atomic E-state index is 11.1. The van der Waals surface area contributed by atoms with Gasteiger partial charge in [0.25, 0.3) is 0 Å². The van der Waals surface area contributed by atoms with Crippen LogP contribution in [0, 0.1) is 0 Å². The molecule has 5 heteroatoms. The molecule has 1 N–H and O–H groups in total. The number of benzene rings is 1. The van der Waals surface area contributed by atoms with Gasteiger partial charge in [0.05, 0.1) is 6.10 Å². The van der Waals surface area contributed by atoms with Crippen molar-refractivity contribution in [2.45, 2.75) is 44.2 Å². The lowest BCUT2D eigenvalue weighted by Crippen LogP contribution is -2.32. The number of unbranched alkanes of at least 4 members (excludes halogenated alkanes) is 1. The molecule has 1 aromatic carbocycles. The summed E-state index contributed by atoms with van der Waals surface area (Å²) in [5, 5.41) is 10.4. The predicted molar refractivity (Wildman–Crippen MR) is 89.6 cm³/mol. The molecule has 2 unspecified atom stereocenters. The lowest BCUT2D eigenvalue weighted by atomic mass is 10.0. The highest BCUT2D eigenvalue weighted by Crippen LogP contribution is 2.27. The normalized spacial score (nSPS) is 21.1. The Hall–Kier alpha value is -0.910. The van der Waals surface area contributed by atoms with E-state index in [9.17, 15) is 13.5 Å². The third-order valence-corrected chi connectivity index (χ3v) is 5.42. The summed E-state index contributed by atoms with van der Waals surface area (Å²) in [7, 11) is -2.85. The van der Waals surface area contributed by atoms with Gasteiger partial charge in [-0.3, -0.25) is 0 Å². The number of aliphatic hydroxyl groups is 1. The molecule has 1 saturated heterocycles. The molecular weight excluding hydrogens is 298 g/mol. The first-order valence-corrected chi connectivity index (χ1v) is 10.2. The second-order valence-corrected chi connectivity index (χ2v) is 8.59. The first-order valence-electron chi connectivity index (χ1n) is 8.10. The van der Waals surface area contributed by atoms with Crippen molar-refractivity contribution < 1.29 is 13.5 Å². The van der Waals surface area contributed by atoms with E-state index in [2.05, 4.69) is 4.90 Å². The Balaban J connectivity index is 1.78. The summed E-state index contributed by atoms with van der Waals surface area (Å²) in [5.74, 6) is 0.276. The molecule has 2 rings (SSSR count). The summed E-state index contributed by atoms with van der Waals surface area (Å²) in [6.07, 6.45) is 5.56. The maximum Gasteiger partial charge on any atom is 0.147 e. The number of likely N-dealkylation sites (tertiary alicyclic amines) is 1. The maximum absolute atomic E-state index is 11.1. The summed E-state index contributed by atoms with van der Waals surface area (Å²) >= 11 is 0. The van der Waals surface area contributed by atoms with Crippen LogP contribution in [-0.4, -0.2) is 49.6 Å². The molecule has 0 aromatic heterocycles. The van der Waals surface area contributed by atoms with Crippen LogP contribution in [0.5, 0.6) is 0 Å². The predicted octanol–water partition coefficient (Wildman–Crippen LogP) is 2.40. The van der Waals surface area contributed by atoms with E-state index in [0.29, 0.717) is 6.04 Å². The van der Waals surface area contributed by atoms with E-state index in [1.54, 1.807) is 0 Å². The first-order chi connectivity index (χ1) is 10.5. The van der Waals surface area contributed by atoms with Crippen molar-refractivity contribution >= 4 is 9.84 Å². The zero-order chi connectivity index (χ0) is 16.0. The highest BCUT2D eigenvalue weighted by atomic mass is 32.2. The van der Waals surface area contributed by atoms with E-state index >= 15 is 0 Å². The van der Waals surface area contributed by atoms with E-state index < -0.39 is 15.9 Å². The zero-order valence-corrected chi connectivity index (χ0v) is 14.1. The van der Waals surface area contributed by atoms with Gasteiger partial charge in [0.2, 0.25) is 0 Å². The summed E-state index contributed by atoms with van der Waals surface area (Å²) in [5.41, 5.74) is 0.978. The van der Waals surface area contributed by atoms with Gasteiger partial charge in [0.15, 0.2) is 0 Å². The molecule has 124 valence electrons. The summed E-state index contributed by atoms with van der Waals surface area (Å²) in [6, 6.07) is 10.2. The monoisotopic (exact) mass is 325 g/mol. The molecule has 0 saturated carbocycles. The Labute approximate surface area is 134 Å². The van der Waals surface area contributed by atoms with Crippen molar-refractivity contribution in [2.24, 2.45) is 0 Å². The Morgan fingerprint density at radius 1 is 1.27 bits per heavy atom. The fourth-order valence-corrected chi connectivity index (χ4v) is 3.93. The van der Waals surface area contributed by atoms with Gasteiger partial charge in [-0.2, -0.15) is 0 Å². The minimum atomic E-state index is -2.85. The Morgan fingerprint density at radius 3 is 2.68 bits per heavy atom.